The standard InChI is InChI=1S/C14H18N4OS/c1-8(2)12-13(20-18-17-12)14(19)16-7-10-5-4-6-11(15)9(10)3/h4-6,8H,7,15H2,1-3H3,(H,16,19). The van der Waals surface area contributed by atoms with Gasteiger partial charge >= 0.3 is 0 Å². The van der Waals surface area contributed by atoms with Crippen LogP contribution in [0, 0.1) is 6.92 Å². The average Bonchev–Trinajstić information content (AvgIpc) is 2.89. The van der Waals surface area contributed by atoms with Crippen molar-refractivity contribution in [1.82, 2.24) is 14.9 Å². The van der Waals surface area contributed by atoms with Crippen molar-refractivity contribution in [1.29, 1.82) is 0 Å². The second-order valence-electron chi connectivity index (χ2n) is 4.96. The molecule has 3 N–H and O–H groups in total. The smallest absolute Gasteiger partial charge is 0.265 e. The minimum Gasteiger partial charge on any atom is -0.399 e. The fourth-order valence-electron chi connectivity index (χ4n) is 1.88. The Bertz CT molecular complexity index is 621. The molecule has 0 saturated heterocycles. The molecular formula is C14H18N4OS. The molecule has 0 aliphatic carbocycles. The molecule has 0 radical (unpaired) electrons. The third-order valence-corrected chi connectivity index (χ3v) is 3.93. The number of nitrogens with zero attached hydrogens (tertiary/aromatic N) is 2. The van der Waals surface area contributed by atoms with Crippen LogP contribution in [0.2, 0.25) is 0 Å². The predicted octanol–water partition coefficient (Wildman–Crippen LogP) is 2.48. The molecule has 0 unspecified atom stereocenters. The molecular weight excluding hydrogens is 272 g/mol. The first-order valence-electron chi connectivity index (χ1n) is 6.45. The van der Waals surface area contributed by atoms with Gasteiger partial charge in [-0.15, -0.1) is 5.10 Å². The summed E-state index contributed by atoms with van der Waals surface area (Å²) in [5.41, 5.74) is 9.35. The summed E-state index contributed by atoms with van der Waals surface area (Å²) in [6.45, 7) is 6.39. The normalized spacial score (nSPS) is 10.8. The number of hydrogen-bond acceptors (Lipinski definition) is 5. The van der Waals surface area contributed by atoms with Crippen LogP contribution < -0.4 is 11.1 Å². The Morgan fingerprint density at radius 2 is 2.20 bits per heavy atom. The Labute approximate surface area is 122 Å². The van der Waals surface area contributed by atoms with Gasteiger partial charge in [0, 0.05) is 12.2 Å². The summed E-state index contributed by atoms with van der Waals surface area (Å²) in [7, 11) is 0. The zero-order valence-electron chi connectivity index (χ0n) is 11.8. The zero-order chi connectivity index (χ0) is 14.7. The van der Waals surface area contributed by atoms with E-state index >= 15 is 0 Å². The van der Waals surface area contributed by atoms with E-state index in [1.165, 1.54) is 0 Å². The number of carbonyl (C=O) groups excluding carboxylic acids is 1. The number of nitrogens with two attached hydrogens (primary N) is 1. The van der Waals surface area contributed by atoms with Gasteiger partial charge in [-0.2, -0.15) is 0 Å². The molecule has 20 heavy (non-hydrogen) atoms. The van der Waals surface area contributed by atoms with E-state index < -0.39 is 0 Å². The molecule has 0 saturated carbocycles. The molecule has 2 rings (SSSR count). The lowest BCUT2D eigenvalue weighted by Gasteiger charge is -2.10. The van der Waals surface area contributed by atoms with Gasteiger partial charge < -0.3 is 11.1 Å². The number of aromatic nitrogens is 2. The number of benzene rings is 1. The highest BCUT2D eigenvalue weighted by Gasteiger charge is 2.18. The molecule has 0 aliphatic heterocycles. The molecule has 1 heterocycles. The molecule has 0 spiro atoms. The van der Waals surface area contributed by atoms with Gasteiger partial charge in [0.1, 0.15) is 4.88 Å². The lowest BCUT2D eigenvalue weighted by molar-refractivity contribution is 0.0953. The summed E-state index contributed by atoms with van der Waals surface area (Å²) in [4.78, 5) is 12.8. The molecule has 1 amide bonds. The van der Waals surface area contributed by atoms with Crippen LogP contribution in [0.25, 0.3) is 0 Å². The van der Waals surface area contributed by atoms with Gasteiger partial charge in [0.25, 0.3) is 5.91 Å². The van der Waals surface area contributed by atoms with Gasteiger partial charge in [-0.1, -0.05) is 30.5 Å². The van der Waals surface area contributed by atoms with Gasteiger partial charge in [0.2, 0.25) is 0 Å². The number of nitrogen functional groups attached to an aromatic ring is 1. The van der Waals surface area contributed by atoms with Gasteiger partial charge in [0.15, 0.2) is 0 Å². The summed E-state index contributed by atoms with van der Waals surface area (Å²) in [6, 6.07) is 5.70. The first kappa shape index (κ1) is 14.5. The fraction of sp³-hybridized carbons (Fsp3) is 0.357. The Morgan fingerprint density at radius 3 is 2.90 bits per heavy atom. The van der Waals surface area contributed by atoms with Crippen LogP contribution in [0.5, 0.6) is 0 Å². The zero-order valence-corrected chi connectivity index (χ0v) is 12.6. The van der Waals surface area contributed by atoms with Crippen LogP contribution in [0.4, 0.5) is 5.69 Å². The number of hydrogen-bond donors (Lipinski definition) is 2. The Morgan fingerprint density at radius 1 is 1.45 bits per heavy atom. The number of carbonyl (C=O) groups is 1. The lowest BCUT2D eigenvalue weighted by Crippen LogP contribution is -2.23. The first-order valence-corrected chi connectivity index (χ1v) is 7.22. The first-order chi connectivity index (χ1) is 9.50. The van der Waals surface area contributed by atoms with E-state index in [9.17, 15) is 4.79 Å². The third-order valence-electron chi connectivity index (χ3n) is 3.19. The maximum absolute atomic E-state index is 12.2. The van der Waals surface area contributed by atoms with Crippen LogP contribution in [0.15, 0.2) is 18.2 Å². The topological polar surface area (TPSA) is 80.9 Å². The van der Waals surface area contributed by atoms with Crippen molar-refractivity contribution >= 4 is 23.1 Å². The summed E-state index contributed by atoms with van der Waals surface area (Å²) >= 11 is 1.13. The van der Waals surface area contributed by atoms with E-state index in [4.69, 9.17) is 5.73 Å². The van der Waals surface area contributed by atoms with E-state index in [0.29, 0.717) is 11.4 Å². The lowest BCUT2D eigenvalue weighted by atomic mass is 10.1. The van der Waals surface area contributed by atoms with Crippen molar-refractivity contribution in [3.8, 4) is 0 Å². The van der Waals surface area contributed by atoms with Crippen LogP contribution >= 0.6 is 11.5 Å². The van der Waals surface area contributed by atoms with Crippen molar-refractivity contribution in [2.75, 3.05) is 5.73 Å². The second kappa shape index (κ2) is 6.00. The monoisotopic (exact) mass is 290 g/mol. The molecule has 6 heteroatoms. The largest absolute Gasteiger partial charge is 0.399 e. The molecule has 1 aromatic carbocycles. The minimum atomic E-state index is -0.134. The molecule has 0 bridgehead atoms. The van der Waals surface area contributed by atoms with Crippen molar-refractivity contribution in [2.45, 2.75) is 33.2 Å². The second-order valence-corrected chi connectivity index (χ2v) is 5.71. The highest BCUT2D eigenvalue weighted by Crippen LogP contribution is 2.20. The van der Waals surface area contributed by atoms with Crippen molar-refractivity contribution in [3.05, 3.63) is 39.9 Å². The van der Waals surface area contributed by atoms with Crippen molar-refractivity contribution in [2.24, 2.45) is 0 Å². The molecule has 1 aromatic heterocycles. The van der Waals surface area contributed by atoms with Crippen LogP contribution in [-0.2, 0) is 6.54 Å². The van der Waals surface area contributed by atoms with Crippen LogP contribution in [0.3, 0.4) is 0 Å². The van der Waals surface area contributed by atoms with E-state index in [0.717, 1.165) is 34.0 Å². The fourth-order valence-corrected chi connectivity index (χ4v) is 2.62. The molecule has 2 aromatic rings. The number of anilines is 1. The highest BCUT2D eigenvalue weighted by molar-refractivity contribution is 7.08. The van der Waals surface area contributed by atoms with E-state index in [1.54, 1.807) is 0 Å². The quantitative estimate of drug-likeness (QED) is 0.848. The molecule has 0 aliphatic rings. The van der Waals surface area contributed by atoms with Crippen molar-refractivity contribution < 1.29 is 4.79 Å². The van der Waals surface area contributed by atoms with Crippen molar-refractivity contribution in [3.63, 3.8) is 0 Å². The molecule has 106 valence electrons. The molecule has 5 nitrogen and oxygen atoms in total. The Hall–Kier alpha value is -1.95. The third kappa shape index (κ3) is 2.96. The van der Waals surface area contributed by atoms with Gasteiger partial charge in [-0.3, -0.25) is 4.79 Å². The van der Waals surface area contributed by atoms with Gasteiger partial charge in [-0.25, -0.2) is 0 Å². The van der Waals surface area contributed by atoms with E-state index in [1.807, 2.05) is 39.0 Å². The molecule has 0 fully saturated rings. The van der Waals surface area contributed by atoms with Crippen LogP contribution in [-0.4, -0.2) is 15.5 Å². The van der Waals surface area contributed by atoms with Gasteiger partial charge in [-0.05, 0) is 41.6 Å². The van der Waals surface area contributed by atoms with Crippen LogP contribution in [0.1, 0.15) is 46.3 Å². The summed E-state index contributed by atoms with van der Waals surface area (Å²) in [5.74, 6) is 0.0501. The Balaban J connectivity index is 2.09. The predicted molar refractivity (Wildman–Crippen MR) is 80.8 cm³/mol. The van der Waals surface area contributed by atoms with E-state index in [2.05, 4.69) is 14.9 Å². The minimum absolute atomic E-state index is 0.134. The maximum Gasteiger partial charge on any atom is 0.265 e. The maximum atomic E-state index is 12.2. The number of amides is 1. The summed E-state index contributed by atoms with van der Waals surface area (Å²) in [6.07, 6.45) is 0. The number of rotatable bonds is 4. The Kier molecular flexibility index (Phi) is 4.34. The average molecular weight is 290 g/mol. The highest BCUT2D eigenvalue weighted by atomic mass is 32.1. The van der Waals surface area contributed by atoms with Gasteiger partial charge in [0.05, 0.1) is 5.69 Å². The number of nitrogens with one attached hydrogen (secondary N) is 1. The van der Waals surface area contributed by atoms with E-state index in [-0.39, 0.29) is 11.8 Å². The summed E-state index contributed by atoms with van der Waals surface area (Å²) < 4.78 is 3.86. The summed E-state index contributed by atoms with van der Waals surface area (Å²) in [5, 5.41) is 6.91. The SMILES string of the molecule is Cc1c(N)cccc1CNC(=O)c1snnc1C(C)C. The molecule has 0 atom stereocenters.